The van der Waals surface area contributed by atoms with Gasteiger partial charge in [-0.1, -0.05) is 103 Å². The summed E-state index contributed by atoms with van der Waals surface area (Å²) in [5, 5.41) is 0. The Kier molecular flexibility index (Phi) is 7.32. The SMILES string of the molecule is CCCC1CCCCC(C2CCCCC2)CCCC1. The minimum absolute atomic E-state index is 1.07. The largest absolute Gasteiger partial charge is 0.0654 e. The van der Waals surface area contributed by atoms with Gasteiger partial charge in [-0.05, 0) is 17.8 Å². The summed E-state index contributed by atoms with van der Waals surface area (Å²) in [6.45, 7) is 2.36. The van der Waals surface area contributed by atoms with Crippen molar-refractivity contribution in [2.45, 2.75) is 103 Å². The van der Waals surface area contributed by atoms with Crippen molar-refractivity contribution in [2.24, 2.45) is 17.8 Å². The summed E-state index contributed by atoms with van der Waals surface area (Å²) >= 11 is 0. The van der Waals surface area contributed by atoms with Gasteiger partial charge in [-0.25, -0.2) is 0 Å². The van der Waals surface area contributed by atoms with Crippen molar-refractivity contribution >= 4 is 0 Å². The second-order valence-corrected chi connectivity index (χ2v) is 7.38. The van der Waals surface area contributed by atoms with Crippen molar-refractivity contribution in [3.8, 4) is 0 Å². The first-order valence-corrected chi connectivity index (χ1v) is 9.40. The lowest BCUT2D eigenvalue weighted by Gasteiger charge is -2.31. The highest BCUT2D eigenvalue weighted by atomic mass is 14.3. The van der Waals surface area contributed by atoms with E-state index >= 15 is 0 Å². The van der Waals surface area contributed by atoms with Gasteiger partial charge in [-0.2, -0.15) is 0 Å². The van der Waals surface area contributed by atoms with Crippen molar-refractivity contribution in [1.82, 2.24) is 0 Å². The normalized spacial score (nSPS) is 32.1. The predicted octanol–water partition coefficient (Wildman–Crippen LogP) is 6.73. The molecule has 2 aliphatic carbocycles. The molecule has 0 atom stereocenters. The van der Waals surface area contributed by atoms with Crippen molar-refractivity contribution in [2.75, 3.05) is 0 Å². The number of hydrogen-bond donors (Lipinski definition) is 0. The van der Waals surface area contributed by atoms with E-state index < -0.39 is 0 Å². The summed E-state index contributed by atoms with van der Waals surface area (Å²) in [4.78, 5) is 0. The molecule has 0 aromatic heterocycles. The molecule has 0 heteroatoms. The molecule has 0 aromatic rings. The van der Waals surface area contributed by atoms with E-state index in [1.54, 1.807) is 25.7 Å². The lowest BCUT2D eigenvalue weighted by molar-refractivity contribution is 0.206. The fourth-order valence-electron chi connectivity index (χ4n) is 4.74. The van der Waals surface area contributed by atoms with Crippen LogP contribution in [0.5, 0.6) is 0 Å². The maximum Gasteiger partial charge on any atom is -0.0386 e. The second kappa shape index (κ2) is 9.03. The molecule has 2 saturated carbocycles. The van der Waals surface area contributed by atoms with Crippen molar-refractivity contribution in [3.63, 3.8) is 0 Å². The standard InChI is InChI=1S/C19H36/c1-2-10-17-11-6-8-15-19(16-9-7-12-17)18-13-4-3-5-14-18/h17-19H,2-16H2,1H3. The third-order valence-corrected chi connectivity index (χ3v) is 5.89. The Bertz CT molecular complexity index is 202. The summed E-state index contributed by atoms with van der Waals surface area (Å²) < 4.78 is 0. The van der Waals surface area contributed by atoms with Crippen LogP contribution in [0, 0.1) is 17.8 Å². The van der Waals surface area contributed by atoms with E-state index in [0.29, 0.717) is 0 Å². The van der Waals surface area contributed by atoms with Gasteiger partial charge in [0, 0.05) is 0 Å². The van der Waals surface area contributed by atoms with Crippen molar-refractivity contribution in [1.29, 1.82) is 0 Å². The van der Waals surface area contributed by atoms with Crippen LogP contribution >= 0.6 is 0 Å². The van der Waals surface area contributed by atoms with Crippen LogP contribution in [0.2, 0.25) is 0 Å². The first-order chi connectivity index (χ1) is 9.40. The van der Waals surface area contributed by atoms with E-state index in [1.165, 1.54) is 70.6 Å². The second-order valence-electron chi connectivity index (χ2n) is 7.38. The van der Waals surface area contributed by atoms with Crippen LogP contribution in [-0.4, -0.2) is 0 Å². The maximum atomic E-state index is 2.36. The van der Waals surface area contributed by atoms with E-state index in [2.05, 4.69) is 6.92 Å². The van der Waals surface area contributed by atoms with Crippen LogP contribution in [-0.2, 0) is 0 Å². The zero-order chi connectivity index (χ0) is 13.3. The Labute approximate surface area is 121 Å². The quantitative estimate of drug-likeness (QED) is 0.530. The number of hydrogen-bond acceptors (Lipinski definition) is 0. The van der Waals surface area contributed by atoms with Gasteiger partial charge in [0.25, 0.3) is 0 Å². The molecular formula is C19H36. The van der Waals surface area contributed by atoms with Crippen LogP contribution in [0.4, 0.5) is 0 Å². The first-order valence-electron chi connectivity index (χ1n) is 9.40. The van der Waals surface area contributed by atoms with E-state index in [1.807, 2.05) is 0 Å². The van der Waals surface area contributed by atoms with E-state index in [9.17, 15) is 0 Å². The van der Waals surface area contributed by atoms with Gasteiger partial charge in [0.2, 0.25) is 0 Å². The molecule has 0 aliphatic heterocycles. The summed E-state index contributed by atoms with van der Waals surface area (Å²) in [6, 6.07) is 0. The van der Waals surface area contributed by atoms with E-state index in [4.69, 9.17) is 0 Å². The molecule has 0 heterocycles. The van der Waals surface area contributed by atoms with Gasteiger partial charge >= 0.3 is 0 Å². The fraction of sp³-hybridized carbons (Fsp3) is 1.00. The molecule has 2 rings (SSSR count). The molecule has 0 radical (unpaired) electrons. The highest BCUT2D eigenvalue weighted by Crippen LogP contribution is 2.37. The average Bonchev–Trinajstić information content (AvgIpc) is 2.47. The Morgan fingerprint density at radius 2 is 1.00 bits per heavy atom. The molecule has 0 nitrogen and oxygen atoms in total. The first kappa shape index (κ1) is 15.4. The predicted molar refractivity (Wildman–Crippen MR) is 85.4 cm³/mol. The van der Waals surface area contributed by atoms with Crippen LogP contribution in [0.15, 0.2) is 0 Å². The summed E-state index contributed by atoms with van der Waals surface area (Å²) in [5.41, 5.74) is 0. The third kappa shape index (κ3) is 5.48. The van der Waals surface area contributed by atoms with Crippen LogP contribution in [0.3, 0.4) is 0 Å². The van der Waals surface area contributed by atoms with Gasteiger partial charge in [0.15, 0.2) is 0 Å². The van der Waals surface area contributed by atoms with E-state index in [-0.39, 0.29) is 0 Å². The number of rotatable bonds is 3. The monoisotopic (exact) mass is 264 g/mol. The average molecular weight is 264 g/mol. The molecule has 2 aliphatic rings. The summed E-state index contributed by atoms with van der Waals surface area (Å²) in [7, 11) is 0. The maximum absolute atomic E-state index is 2.36. The molecule has 0 N–H and O–H groups in total. The molecule has 0 saturated heterocycles. The molecule has 112 valence electrons. The van der Waals surface area contributed by atoms with Gasteiger partial charge < -0.3 is 0 Å². The molecular weight excluding hydrogens is 228 g/mol. The Balaban J connectivity index is 1.76. The Morgan fingerprint density at radius 3 is 1.47 bits per heavy atom. The van der Waals surface area contributed by atoms with Crippen LogP contribution in [0.1, 0.15) is 103 Å². The minimum Gasteiger partial charge on any atom is -0.0654 e. The zero-order valence-electron chi connectivity index (χ0n) is 13.3. The highest BCUT2D eigenvalue weighted by Gasteiger charge is 2.23. The van der Waals surface area contributed by atoms with Crippen molar-refractivity contribution < 1.29 is 0 Å². The molecule has 2 fully saturated rings. The van der Waals surface area contributed by atoms with Crippen LogP contribution < -0.4 is 0 Å². The highest BCUT2D eigenvalue weighted by molar-refractivity contribution is 4.75. The van der Waals surface area contributed by atoms with Gasteiger partial charge in [-0.15, -0.1) is 0 Å². The third-order valence-electron chi connectivity index (χ3n) is 5.89. The zero-order valence-corrected chi connectivity index (χ0v) is 13.3. The van der Waals surface area contributed by atoms with Gasteiger partial charge in [0.05, 0.1) is 0 Å². The molecule has 0 amide bonds. The molecule has 0 bridgehead atoms. The Hall–Kier alpha value is 0. The van der Waals surface area contributed by atoms with Crippen molar-refractivity contribution in [3.05, 3.63) is 0 Å². The molecule has 0 unspecified atom stereocenters. The topological polar surface area (TPSA) is 0 Å². The van der Waals surface area contributed by atoms with Gasteiger partial charge in [0.1, 0.15) is 0 Å². The lowest BCUT2D eigenvalue weighted by atomic mass is 9.74. The summed E-state index contributed by atoms with van der Waals surface area (Å²) in [5.74, 6) is 3.28. The summed E-state index contributed by atoms with van der Waals surface area (Å²) in [6.07, 6.45) is 22.9. The minimum atomic E-state index is 1.07. The van der Waals surface area contributed by atoms with Gasteiger partial charge in [-0.3, -0.25) is 0 Å². The molecule has 0 spiro atoms. The van der Waals surface area contributed by atoms with E-state index in [0.717, 1.165) is 17.8 Å². The smallest absolute Gasteiger partial charge is 0.0386 e. The lowest BCUT2D eigenvalue weighted by Crippen LogP contribution is -2.19. The fourth-order valence-corrected chi connectivity index (χ4v) is 4.74. The van der Waals surface area contributed by atoms with Crippen LogP contribution in [0.25, 0.3) is 0 Å². The molecule has 0 aromatic carbocycles. The Morgan fingerprint density at radius 1 is 0.579 bits per heavy atom. The molecule has 19 heavy (non-hydrogen) atoms.